The number of nitrogens with one attached hydrogen (secondary N) is 1. The van der Waals surface area contributed by atoms with E-state index in [0.29, 0.717) is 12.1 Å². The molecule has 4 heteroatoms. The molecule has 1 aromatic heterocycles. The fraction of sp³-hybridized carbons (Fsp3) is 0.182. The summed E-state index contributed by atoms with van der Waals surface area (Å²) >= 11 is 3.40. The van der Waals surface area contributed by atoms with Crippen molar-refractivity contribution in [2.75, 3.05) is 0 Å². The fourth-order valence-corrected chi connectivity index (χ4v) is 2.25. The maximum Gasteiger partial charge on any atom is 0.352 e. The summed E-state index contributed by atoms with van der Waals surface area (Å²) in [6, 6.07) is 5.73. The maximum absolute atomic E-state index is 11.0. The lowest BCUT2D eigenvalue weighted by molar-refractivity contribution is 0.0690. The predicted molar refractivity (Wildman–Crippen MR) is 62.3 cm³/mol. The third kappa shape index (κ3) is 1.55. The van der Waals surface area contributed by atoms with Gasteiger partial charge >= 0.3 is 5.97 Å². The summed E-state index contributed by atoms with van der Waals surface area (Å²) in [4.78, 5) is 14.0. The highest BCUT2D eigenvalue weighted by molar-refractivity contribution is 9.10. The van der Waals surface area contributed by atoms with Crippen LogP contribution in [-0.4, -0.2) is 16.1 Å². The monoisotopic (exact) mass is 267 g/mol. The lowest BCUT2D eigenvalue weighted by atomic mass is 10.1. The highest BCUT2D eigenvalue weighted by atomic mass is 79.9. The summed E-state index contributed by atoms with van der Waals surface area (Å²) in [7, 11) is 0. The molecule has 0 bridgehead atoms. The molecule has 0 fully saturated rings. The number of halogens is 1. The van der Waals surface area contributed by atoms with Crippen molar-refractivity contribution in [3.63, 3.8) is 0 Å². The largest absolute Gasteiger partial charge is 0.477 e. The second-order valence-electron chi connectivity index (χ2n) is 3.30. The number of para-hydroxylation sites is 1. The van der Waals surface area contributed by atoms with Gasteiger partial charge in [-0.3, -0.25) is 0 Å². The van der Waals surface area contributed by atoms with Crippen LogP contribution in [0.1, 0.15) is 23.0 Å². The van der Waals surface area contributed by atoms with Gasteiger partial charge in [0.2, 0.25) is 0 Å². The Hall–Kier alpha value is -1.29. The zero-order valence-electron chi connectivity index (χ0n) is 8.17. The van der Waals surface area contributed by atoms with Gasteiger partial charge in [-0.2, -0.15) is 0 Å². The van der Waals surface area contributed by atoms with Gasteiger partial charge in [-0.25, -0.2) is 4.79 Å². The molecule has 0 unspecified atom stereocenters. The number of aromatic nitrogens is 1. The number of fused-ring (bicyclic) bond motifs is 1. The van der Waals surface area contributed by atoms with Crippen molar-refractivity contribution in [2.45, 2.75) is 13.3 Å². The molecule has 0 radical (unpaired) electrons. The number of aromatic carboxylic acids is 1. The Labute approximate surface area is 95.2 Å². The van der Waals surface area contributed by atoms with E-state index >= 15 is 0 Å². The van der Waals surface area contributed by atoms with Gasteiger partial charge in [-0.05, 0) is 34.0 Å². The van der Waals surface area contributed by atoms with Crippen molar-refractivity contribution >= 4 is 32.8 Å². The van der Waals surface area contributed by atoms with E-state index in [-0.39, 0.29) is 0 Å². The van der Waals surface area contributed by atoms with Crippen molar-refractivity contribution in [1.82, 2.24) is 4.98 Å². The zero-order chi connectivity index (χ0) is 11.0. The van der Waals surface area contributed by atoms with Crippen molar-refractivity contribution < 1.29 is 9.90 Å². The number of benzene rings is 1. The van der Waals surface area contributed by atoms with Crippen LogP contribution in [0.3, 0.4) is 0 Å². The van der Waals surface area contributed by atoms with E-state index in [1.165, 1.54) is 0 Å². The molecule has 0 spiro atoms. The maximum atomic E-state index is 11.0. The smallest absolute Gasteiger partial charge is 0.352 e. The molecule has 0 saturated carbocycles. The zero-order valence-corrected chi connectivity index (χ0v) is 9.76. The minimum Gasteiger partial charge on any atom is -0.477 e. The molecule has 0 aliphatic rings. The first-order valence-electron chi connectivity index (χ1n) is 4.67. The third-order valence-corrected chi connectivity index (χ3v) is 3.12. The predicted octanol–water partition coefficient (Wildman–Crippen LogP) is 3.19. The van der Waals surface area contributed by atoms with Crippen LogP contribution >= 0.6 is 15.9 Å². The van der Waals surface area contributed by atoms with Crippen LogP contribution < -0.4 is 0 Å². The first kappa shape index (κ1) is 10.2. The summed E-state index contributed by atoms with van der Waals surface area (Å²) in [6.07, 6.45) is 0.706. The van der Waals surface area contributed by atoms with Crippen LogP contribution in [-0.2, 0) is 6.42 Å². The van der Waals surface area contributed by atoms with Crippen LogP contribution in [0.15, 0.2) is 22.7 Å². The van der Waals surface area contributed by atoms with Gasteiger partial charge in [0.25, 0.3) is 0 Å². The Bertz CT molecular complexity index is 531. The Morgan fingerprint density at radius 3 is 2.87 bits per heavy atom. The molecule has 0 amide bonds. The molecule has 78 valence electrons. The Balaban J connectivity index is 2.84. The summed E-state index contributed by atoms with van der Waals surface area (Å²) in [5.41, 5.74) is 2.00. The number of carboxylic acids is 1. The van der Waals surface area contributed by atoms with Crippen molar-refractivity contribution in [2.24, 2.45) is 0 Å². The van der Waals surface area contributed by atoms with Gasteiger partial charge in [0, 0.05) is 9.86 Å². The summed E-state index contributed by atoms with van der Waals surface area (Å²) < 4.78 is 0.891. The number of carboxylic acid groups (broad SMARTS) is 1. The quantitative estimate of drug-likeness (QED) is 0.878. The minimum absolute atomic E-state index is 0.291. The SMILES string of the molecule is CCc1c(C(=O)O)[nH]c2c(Br)cccc12. The molecule has 2 aromatic rings. The molecule has 0 atom stereocenters. The molecular weight excluding hydrogens is 258 g/mol. The number of carbonyl (C=O) groups is 1. The van der Waals surface area contributed by atoms with Crippen LogP contribution in [0.2, 0.25) is 0 Å². The molecule has 0 aliphatic carbocycles. The van der Waals surface area contributed by atoms with Crippen LogP contribution in [0, 0.1) is 0 Å². The number of aromatic amines is 1. The number of rotatable bonds is 2. The van der Waals surface area contributed by atoms with Crippen molar-refractivity contribution in [1.29, 1.82) is 0 Å². The number of aryl methyl sites for hydroxylation is 1. The van der Waals surface area contributed by atoms with E-state index in [0.717, 1.165) is 20.9 Å². The molecule has 0 saturated heterocycles. The van der Waals surface area contributed by atoms with E-state index in [2.05, 4.69) is 20.9 Å². The summed E-state index contributed by atoms with van der Waals surface area (Å²) in [5, 5.41) is 10.0. The van der Waals surface area contributed by atoms with E-state index in [1.54, 1.807) is 0 Å². The van der Waals surface area contributed by atoms with Crippen LogP contribution in [0.5, 0.6) is 0 Å². The molecule has 3 nitrogen and oxygen atoms in total. The first-order chi connectivity index (χ1) is 7.15. The topological polar surface area (TPSA) is 53.1 Å². The minimum atomic E-state index is -0.907. The van der Waals surface area contributed by atoms with E-state index in [4.69, 9.17) is 5.11 Å². The molecule has 1 heterocycles. The van der Waals surface area contributed by atoms with Gasteiger partial charge in [0.15, 0.2) is 0 Å². The average Bonchev–Trinajstić information content (AvgIpc) is 2.57. The van der Waals surface area contributed by atoms with Crippen LogP contribution in [0.25, 0.3) is 10.9 Å². The first-order valence-corrected chi connectivity index (χ1v) is 5.46. The average molecular weight is 268 g/mol. The number of hydrogen-bond acceptors (Lipinski definition) is 1. The van der Waals surface area contributed by atoms with Gasteiger partial charge < -0.3 is 10.1 Å². The summed E-state index contributed by atoms with van der Waals surface area (Å²) in [5.74, 6) is -0.907. The highest BCUT2D eigenvalue weighted by Crippen LogP contribution is 2.28. The van der Waals surface area contributed by atoms with Gasteiger partial charge in [-0.15, -0.1) is 0 Å². The Morgan fingerprint density at radius 1 is 1.53 bits per heavy atom. The lowest BCUT2D eigenvalue weighted by Gasteiger charge is -1.95. The standard InChI is InChI=1S/C11H10BrNO2/c1-2-6-7-4-3-5-8(12)9(7)13-10(6)11(14)15/h3-5,13H,2H2,1H3,(H,14,15). The highest BCUT2D eigenvalue weighted by Gasteiger charge is 2.16. The van der Waals surface area contributed by atoms with Crippen molar-refractivity contribution in [3.05, 3.63) is 33.9 Å². The molecule has 15 heavy (non-hydrogen) atoms. The van der Waals surface area contributed by atoms with E-state index in [1.807, 2.05) is 25.1 Å². The van der Waals surface area contributed by atoms with Crippen LogP contribution in [0.4, 0.5) is 0 Å². The van der Waals surface area contributed by atoms with Gasteiger partial charge in [0.1, 0.15) is 5.69 Å². The Morgan fingerprint density at radius 2 is 2.27 bits per heavy atom. The van der Waals surface area contributed by atoms with Gasteiger partial charge in [-0.1, -0.05) is 19.1 Å². The third-order valence-electron chi connectivity index (χ3n) is 2.46. The lowest BCUT2D eigenvalue weighted by Crippen LogP contribution is -2.00. The van der Waals surface area contributed by atoms with Crippen molar-refractivity contribution in [3.8, 4) is 0 Å². The molecule has 2 N–H and O–H groups in total. The van der Waals surface area contributed by atoms with Gasteiger partial charge in [0.05, 0.1) is 5.52 Å². The second-order valence-corrected chi connectivity index (χ2v) is 4.15. The molecule has 1 aromatic carbocycles. The van der Waals surface area contributed by atoms with E-state index < -0.39 is 5.97 Å². The Kier molecular flexibility index (Phi) is 2.52. The molecule has 2 rings (SSSR count). The number of hydrogen-bond donors (Lipinski definition) is 2. The molecular formula is C11H10BrNO2. The normalized spacial score (nSPS) is 10.8. The molecule has 0 aliphatic heterocycles. The second kappa shape index (κ2) is 3.70. The van der Waals surface area contributed by atoms with E-state index in [9.17, 15) is 4.79 Å². The summed E-state index contributed by atoms with van der Waals surface area (Å²) in [6.45, 7) is 1.95. The number of H-pyrrole nitrogens is 1. The fourth-order valence-electron chi connectivity index (χ4n) is 1.79.